The maximum Gasteiger partial charge on any atom is 0.252 e. The number of para-hydroxylation sites is 1. The van der Waals surface area contributed by atoms with Gasteiger partial charge in [0.15, 0.2) is 0 Å². The molecule has 1 saturated carbocycles. The van der Waals surface area contributed by atoms with Crippen molar-refractivity contribution in [1.82, 2.24) is 9.97 Å². The molecule has 29 heavy (non-hydrogen) atoms. The van der Waals surface area contributed by atoms with Gasteiger partial charge >= 0.3 is 0 Å². The first-order valence-corrected chi connectivity index (χ1v) is 10.0. The molecule has 2 heterocycles. The lowest BCUT2D eigenvalue weighted by molar-refractivity contribution is 0.100. The van der Waals surface area contributed by atoms with Gasteiger partial charge in [-0.3, -0.25) is 9.78 Å². The lowest BCUT2D eigenvalue weighted by Crippen LogP contribution is -2.42. The minimum atomic E-state index is -0.614. The number of carbonyl (C=O) groups excluding carboxylic acids is 1. The molecule has 0 unspecified atom stereocenters. The number of hydrogen-bond acceptors (Lipinski definition) is 6. The first kappa shape index (κ1) is 19.4. The van der Waals surface area contributed by atoms with Crippen molar-refractivity contribution in [1.29, 1.82) is 0 Å². The SMILES string of the molecule is NC(=O)c1cc(Cl)c(N[C@@H]2CCCC[C@@H]2N)nc1Nc1cnc2ccccc2c1. The summed E-state index contributed by atoms with van der Waals surface area (Å²) in [6.07, 6.45) is 5.84. The van der Waals surface area contributed by atoms with E-state index in [1.54, 1.807) is 6.20 Å². The van der Waals surface area contributed by atoms with Crippen LogP contribution in [-0.4, -0.2) is 28.0 Å². The van der Waals surface area contributed by atoms with Gasteiger partial charge in [-0.15, -0.1) is 0 Å². The van der Waals surface area contributed by atoms with E-state index in [0.29, 0.717) is 22.3 Å². The summed E-state index contributed by atoms with van der Waals surface area (Å²) in [5.41, 5.74) is 13.6. The van der Waals surface area contributed by atoms with E-state index in [9.17, 15) is 4.79 Å². The molecule has 1 amide bonds. The Morgan fingerprint density at radius 2 is 1.93 bits per heavy atom. The molecule has 7 nitrogen and oxygen atoms in total. The van der Waals surface area contributed by atoms with Crippen LogP contribution in [0, 0.1) is 0 Å². The number of rotatable bonds is 5. The molecule has 6 N–H and O–H groups in total. The Balaban J connectivity index is 1.67. The molecule has 0 bridgehead atoms. The first-order valence-electron chi connectivity index (χ1n) is 9.65. The lowest BCUT2D eigenvalue weighted by Gasteiger charge is -2.30. The number of aromatic nitrogens is 2. The highest BCUT2D eigenvalue weighted by Crippen LogP contribution is 2.30. The topological polar surface area (TPSA) is 119 Å². The number of fused-ring (bicyclic) bond motifs is 1. The van der Waals surface area contributed by atoms with Crippen molar-refractivity contribution in [2.75, 3.05) is 10.6 Å². The Morgan fingerprint density at radius 3 is 2.72 bits per heavy atom. The Bertz CT molecular complexity index is 1060. The predicted molar refractivity (Wildman–Crippen MR) is 117 cm³/mol. The molecule has 1 fully saturated rings. The molecule has 1 aromatic carbocycles. The van der Waals surface area contributed by atoms with Crippen LogP contribution in [-0.2, 0) is 0 Å². The average Bonchev–Trinajstić information content (AvgIpc) is 2.71. The molecule has 1 aliphatic rings. The summed E-state index contributed by atoms with van der Waals surface area (Å²) in [5.74, 6) is 0.192. The van der Waals surface area contributed by atoms with Crippen LogP contribution in [0.2, 0.25) is 5.02 Å². The van der Waals surface area contributed by atoms with Gasteiger partial charge in [-0.1, -0.05) is 42.6 Å². The van der Waals surface area contributed by atoms with E-state index < -0.39 is 5.91 Å². The van der Waals surface area contributed by atoms with Crippen molar-refractivity contribution in [2.24, 2.45) is 11.5 Å². The normalized spacial score (nSPS) is 19.1. The number of nitrogens with two attached hydrogens (primary N) is 2. The zero-order valence-electron chi connectivity index (χ0n) is 15.9. The minimum Gasteiger partial charge on any atom is -0.365 e. The van der Waals surface area contributed by atoms with Crippen LogP contribution in [0.1, 0.15) is 36.0 Å². The Morgan fingerprint density at radius 1 is 1.14 bits per heavy atom. The summed E-state index contributed by atoms with van der Waals surface area (Å²) in [7, 11) is 0. The van der Waals surface area contributed by atoms with Gasteiger partial charge in [0.25, 0.3) is 5.91 Å². The molecule has 0 saturated heterocycles. The van der Waals surface area contributed by atoms with E-state index >= 15 is 0 Å². The van der Waals surface area contributed by atoms with Gasteiger partial charge in [-0.25, -0.2) is 4.98 Å². The monoisotopic (exact) mass is 410 g/mol. The number of nitrogens with zero attached hydrogens (tertiary/aromatic N) is 2. The summed E-state index contributed by atoms with van der Waals surface area (Å²) in [6, 6.07) is 11.4. The van der Waals surface area contributed by atoms with Gasteiger partial charge in [0.05, 0.1) is 28.0 Å². The second-order valence-electron chi connectivity index (χ2n) is 7.32. The van der Waals surface area contributed by atoms with Crippen molar-refractivity contribution in [3.63, 3.8) is 0 Å². The van der Waals surface area contributed by atoms with Gasteiger partial charge < -0.3 is 22.1 Å². The molecule has 1 aliphatic carbocycles. The second-order valence-corrected chi connectivity index (χ2v) is 7.73. The van der Waals surface area contributed by atoms with Crippen LogP contribution in [0.3, 0.4) is 0 Å². The highest BCUT2D eigenvalue weighted by atomic mass is 35.5. The molecule has 0 radical (unpaired) electrons. The molecule has 150 valence electrons. The summed E-state index contributed by atoms with van der Waals surface area (Å²) >= 11 is 6.38. The number of nitrogens with one attached hydrogen (secondary N) is 2. The third-order valence-electron chi connectivity index (χ3n) is 5.24. The zero-order valence-corrected chi connectivity index (χ0v) is 16.6. The van der Waals surface area contributed by atoms with E-state index in [1.165, 1.54) is 6.07 Å². The fourth-order valence-electron chi connectivity index (χ4n) is 3.66. The number of amides is 1. The average molecular weight is 411 g/mol. The van der Waals surface area contributed by atoms with Gasteiger partial charge in [0.2, 0.25) is 0 Å². The van der Waals surface area contributed by atoms with Crippen molar-refractivity contribution >= 4 is 45.7 Å². The number of primary amides is 1. The Hall–Kier alpha value is -2.90. The Kier molecular flexibility index (Phi) is 5.51. The van der Waals surface area contributed by atoms with Crippen LogP contribution in [0.15, 0.2) is 42.6 Å². The van der Waals surface area contributed by atoms with Crippen molar-refractivity contribution in [2.45, 2.75) is 37.8 Å². The number of halogens is 1. The fourth-order valence-corrected chi connectivity index (χ4v) is 3.87. The summed E-state index contributed by atoms with van der Waals surface area (Å²) < 4.78 is 0. The zero-order chi connectivity index (χ0) is 20.4. The molecule has 0 aliphatic heterocycles. The van der Waals surface area contributed by atoms with Crippen molar-refractivity contribution < 1.29 is 4.79 Å². The highest BCUT2D eigenvalue weighted by Gasteiger charge is 2.24. The van der Waals surface area contributed by atoms with Crippen LogP contribution >= 0.6 is 11.6 Å². The maximum absolute atomic E-state index is 12.0. The Labute approximate surface area is 173 Å². The van der Waals surface area contributed by atoms with Crippen molar-refractivity contribution in [3.05, 3.63) is 53.2 Å². The second kappa shape index (κ2) is 8.23. The molecule has 0 spiro atoms. The molecule has 4 rings (SSSR count). The maximum atomic E-state index is 12.0. The molecule has 8 heteroatoms. The van der Waals surface area contributed by atoms with Gasteiger partial charge in [0, 0.05) is 17.5 Å². The van der Waals surface area contributed by atoms with Gasteiger partial charge in [-0.05, 0) is 31.0 Å². The quantitative estimate of drug-likeness (QED) is 0.507. The molecular formula is C21H23ClN6O. The predicted octanol–water partition coefficient (Wildman–Crippen LogP) is 3.81. The summed E-state index contributed by atoms with van der Waals surface area (Å²) in [6.45, 7) is 0. The molecule has 3 aromatic rings. The lowest BCUT2D eigenvalue weighted by atomic mass is 9.91. The van der Waals surface area contributed by atoms with E-state index in [4.69, 9.17) is 23.1 Å². The minimum absolute atomic E-state index is 0.0403. The van der Waals surface area contributed by atoms with Crippen LogP contribution < -0.4 is 22.1 Å². The summed E-state index contributed by atoms with van der Waals surface area (Å²) in [4.78, 5) is 20.9. The molecule has 2 aromatic heterocycles. The number of hydrogen-bond donors (Lipinski definition) is 4. The third kappa shape index (κ3) is 4.26. The van der Waals surface area contributed by atoms with Crippen LogP contribution in [0.4, 0.5) is 17.3 Å². The van der Waals surface area contributed by atoms with E-state index in [1.807, 2.05) is 30.3 Å². The smallest absolute Gasteiger partial charge is 0.252 e. The van der Waals surface area contributed by atoms with Crippen molar-refractivity contribution in [3.8, 4) is 0 Å². The first-order chi connectivity index (χ1) is 14.0. The summed E-state index contributed by atoms with van der Waals surface area (Å²) in [5, 5.41) is 7.81. The van der Waals surface area contributed by atoms with E-state index in [0.717, 1.165) is 36.6 Å². The molecule has 2 atom stereocenters. The van der Waals surface area contributed by atoms with Crippen LogP contribution in [0.5, 0.6) is 0 Å². The number of pyridine rings is 2. The standard InChI is InChI=1S/C21H23ClN6O/c22-15-10-14(19(24)29)20(28-21(15)27-18-8-4-2-6-16(18)23)26-13-9-12-5-1-3-7-17(12)25-11-13/h1,3,5,7,9-11,16,18H,2,4,6,8,23H2,(H2,24,29)(H2,26,27,28)/t16-,18+/m0/s1. The molecular weight excluding hydrogens is 388 g/mol. The highest BCUT2D eigenvalue weighted by molar-refractivity contribution is 6.33. The number of anilines is 3. The van der Waals surface area contributed by atoms with Gasteiger partial charge in [-0.2, -0.15) is 0 Å². The van der Waals surface area contributed by atoms with Gasteiger partial charge in [0.1, 0.15) is 11.6 Å². The van der Waals surface area contributed by atoms with E-state index in [-0.39, 0.29) is 17.6 Å². The largest absolute Gasteiger partial charge is 0.365 e. The van der Waals surface area contributed by atoms with Crippen LogP contribution in [0.25, 0.3) is 10.9 Å². The van der Waals surface area contributed by atoms with E-state index in [2.05, 4.69) is 20.6 Å². The number of benzene rings is 1. The number of carbonyl (C=O) groups is 1. The third-order valence-corrected chi connectivity index (χ3v) is 5.52. The fraction of sp³-hybridized carbons (Fsp3) is 0.286.